The van der Waals surface area contributed by atoms with Crippen LogP contribution < -0.4 is 5.32 Å². The zero-order valence-corrected chi connectivity index (χ0v) is 11.7. The van der Waals surface area contributed by atoms with Gasteiger partial charge in [0.2, 0.25) is 0 Å². The molecule has 0 fully saturated rings. The highest BCUT2D eigenvalue weighted by atomic mass is 19.1. The first-order chi connectivity index (χ1) is 9.15. The van der Waals surface area contributed by atoms with Gasteiger partial charge in [-0.3, -0.25) is 0 Å². The molecule has 0 aliphatic heterocycles. The number of hydrogen-bond donors (Lipinski definition) is 1. The fourth-order valence-electron chi connectivity index (χ4n) is 2.42. The van der Waals surface area contributed by atoms with Gasteiger partial charge in [-0.1, -0.05) is 37.3 Å². The second-order valence-corrected chi connectivity index (χ2v) is 4.82. The van der Waals surface area contributed by atoms with Gasteiger partial charge in [0.05, 0.1) is 6.04 Å². The molecule has 0 saturated carbocycles. The summed E-state index contributed by atoms with van der Waals surface area (Å²) in [6.07, 6.45) is 1.01. The van der Waals surface area contributed by atoms with Crippen molar-refractivity contribution in [3.63, 3.8) is 0 Å². The van der Waals surface area contributed by atoms with Gasteiger partial charge in [-0.15, -0.1) is 0 Å². The van der Waals surface area contributed by atoms with Crippen LogP contribution in [0, 0.1) is 12.7 Å². The number of aryl methyl sites for hydroxylation is 2. The van der Waals surface area contributed by atoms with Gasteiger partial charge in [-0.2, -0.15) is 0 Å². The van der Waals surface area contributed by atoms with Gasteiger partial charge >= 0.3 is 0 Å². The first-order valence-corrected chi connectivity index (χ1v) is 6.68. The van der Waals surface area contributed by atoms with Crippen molar-refractivity contribution in [1.29, 1.82) is 0 Å². The van der Waals surface area contributed by atoms with Crippen LogP contribution in [-0.4, -0.2) is 7.05 Å². The predicted octanol–water partition coefficient (Wildman–Crippen LogP) is 4.01. The standard InChI is InChI=1S/C17H20FN/c1-4-13-6-5-7-14(10-13)17(19-3)16-11-15(18)9-8-12(16)2/h5-11,17,19H,4H2,1-3H3. The van der Waals surface area contributed by atoms with Crippen LogP contribution in [0.4, 0.5) is 4.39 Å². The Balaban J connectivity index is 2.46. The summed E-state index contributed by atoms with van der Waals surface area (Å²) in [7, 11) is 1.91. The van der Waals surface area contributed by atoms with Crippen LogP contribution in [0.1, 0.15) is 35.2 Å². The van der Waals surface area contributed by atoms with E-state index < -0.39 is 0 Å². The molecule has 0 aliphatic carbocycles. The molecule has 1 N–H and O–H groups in total. The number of halogens is 1. The monoisotopic (exact) mass is 257 g/mol. The van der Waals surface area contributed by atoms with Crippen LogP contribution in [0.5, 0.6) is 0 Å². The largest absolute Gasteiger partial charge is 0.309 e. The van der Waals surface area contributed by atoms with E-state index in [0.717, 1.165) is 17.5 Å². The highest BCUT2D eigenvalue weighted by Crippen LogP contribution is 2.26. The topological polar surface area (TPSA) is 12.0 Å². The molecule has 1 nitrogen and oxygen atoms in total. The van der Waals surface area contributed by atoms with Crippen LogP contribution >= 0.6 is 0 Å². The van der Waals surface area contributed by atoms with E-state index in [0.29, 0.717) is 0 Å². The smallest absolute Gasteiger partial charge is 0.123 e. The van der Waals surface area contributed by atoms with E-state index in [1.165, 1.54) is 17.2 Å². The van der Waals surface area contributed by atoms with Crippen LogP contribution in [0.15, 0.2) is 42.5 Å². The van der Waals surface area contributed by atoms with Crippen LogP contribution in [0.2, 0.25) is 0 Å². The normalized spacial score (nSPS) is 12.4. The molecular formula is C17H20FN. The molecule has 2 aromatic rings. The molecule has 1 atom stereocenters. The Hall–Kier alpha value is -1.67. The molecule has 2 heteroatoms. The Bertz CT molecular complexity index is 563. The molecule has 0 bridgehead atoms. The van der Waals surface area contributed by atoms with E-state index in [1.54, 1.807) is 6.07 Å². The van der Waals surface area contributed by atoms with Gasteiger partial charge in [0.15, 0.2) is 0 Å². The number of nitrogens with one attached hydrogen (secondary N) is 1. The first kappa shape index (κ1) is 13.8. The Morgan fingerprint density at radius 1 is 1.16 bits per heavy atom. The molecule has 2 rings (SSSR count). The molecule has 1 unspecified atom stereocenters. The summed E-state index contributed by atoms with van der Waals surface area (Å²) in [4.78, 5) is 0. The summed E-state index contributed by atoms with van der Waals surface area (Å²) in [5.74, 6) is -0.188. The lowest BCUT2D eigenvalue weighted by Crippen LogP contribution is -2.19. The maximum atomic E-state index is 13.5. The molecular weight excluding hydrogens is 237 g/mol. The lowest BCUT2D eigenvalue weighted by molar-refractivity contribution is 0.615. The van der Waals surface area contributed by atoms with Crippen molar-refractivity contribution < 1.29 is 4.39 Å². The zero-order valence-electron chi connectivity index (χ0n) is 11.7. The zero-order chi connectivity index (χ0) is 13.8. The summed E-state index contributed by atoms with van der Waals surface area (Å²) in [6, 6.07) is 13.4. The van der Waals surface area contributed by atoms with Crippen molar-refractivity contribution in [2.75, 3.05) is 7.05 Å². The molecule has 0 aliphatic rings. The third-order valence-electron chi connectivity index (χ3n) is 3.53. The fourth-order valence-corrected chi connectivity index (χ4v) is 2.42. The van der Waals surface area contributed by atoms with E-state index in [1.807, 2.05) is 20.0 Å². The van der Waals surface area contributed by atoms with Crippen molar-refractivity contribution >= 4 is 0 Å². The van der Waals surface area contributed by atoms with Crippen LogP contribution in [0.3, 0.4) is 0 Å². The number of hydrogen-bond acceptors (Lipinski definition) is 1. The summed E-state index contributed by atoms with van der Waals surface area (Å²) in [6.45, 7) is 4.16. The molecule has 0 saturated heterocycles. The highest BCUT2D eigenvalue weighted by Gasteiger charge is 2.15. The van der Waals surface area contributed by atoms with E-state index in [4.69, 9.17) is 0 Å². The van der Waals surface area contributed by atoms with Crippen molar-refractivity contribution in [3.05, 3.63) is 70.5 Å². The van der Waals surface area contributed by atoms with Crippen LogP contribution in [-0.2, 0) is 6.42 Å². The minimum Gasteiger partial charge on any atom is -0.309 e. The molecule has 0 spiro atoms. The second kappa shape index (κ2) is 5.98. The Kier molecular flexibility index (Phi) is 4.33. The van der Waals surface area contributed by atoms with E-state index in [-0.39, 0.29) is 11.9 Å². The molecule has 2 aromatic carbocycles. The summed E-state index contributed by atoms with van der Waals surface area (Å²) < 4.78 is 13.5. The second-order valence-electron chi connectivity index (χ2n) is 4.82. The van der Waals surface area contributed by atoms with Crippen molar-refractivity contribution in [1.82, 2.24) is 5.32 Å². The molecule has 0 heterocycles. The minimum atomic E-state index is -0.188. The van der Waals surface area contributed by atoms with Crippen molar-refractivity contribution in [2.45, 2.75) is 26.3 Å². The molecule has 19 heavy (non-hydrogen) atoms. The third-order valence-corrected chi connectivity index (χ3v) is 3.53. The van der Waals surface area contributed by atoms with Crippen molar-refractivity contribution in [3.8, 4) is 0 Å². The third kappa shape index (κ3) is 3.02. The first-order valence-electron chi connectivity index (χ1n) is 6.68. The summed E-state index contributed by atoms with van der Waals surface area (Å²) in [5.41, 5.74) is 4.57. The molecule has 0 aromatic heterocycles. The predicted molar refractivity (Wildman–Crippen MR) is 77.9 cm³/mol. The van der Waals surface area contributed by atoms with Gasteiger partial charge in [0, 0.05) is 0 Å². The fraction of sp³-hybridized carbons (Fsp3) is 0.294. The maximum absolute atomic E-state index is 13.5. The van der Waals surface area contributed by atoms with E-state index in [9.17, 15) is 4.39 Å². The average molecular weight is 257 g/mol. The average Bonchev–Trinajstić information content (AvgIpc) is 2.44. The Labute approximate surface area is 114 Å². The van der Waals surface area contributed by atoms with Gasteiger partial charge in [0.1, 0.15) is 5.82 Å². The summed E-state index contributed by atoms with van der Waals surface area (Å²) in [5, 5.41) is 3.29. The highest BCUT2D eigenvalue weighted by molar-refractivity contribution is 5.38. The molecule has 100 valence electrons. The van der Waals surface area contributed by atoms with E-state index >= 15 is 0 Å². The van der Waals surface area contributed by atoms with Crippen LogP contribution in [0.25, 0.3) is 0 Å². The van der Waals surface area contributed by atoms with Gasteiger partial charge in [0.25, 0.3) is 0 Å². The van der Waals surface area contributed by atoms with Gasteiger partial charge in [-0.05, 0) is 54.8 Å². The summed E-state index contributed by atoms with van der Waals surface area (Å²) >= 11 is 0. The molecule has 0 radical (unpaired) electrons. The Morgan fingerprint density at radius 2 is 1.95 bits per heavy atom. The van der Waals surface area contributed by atoms with Gasteiger partial charge < -0.3 is 5.32 Å². The molecule has 0 amide bonds. The number of rotatable bonds is 4. The SMILES string of the molecule is CCc1cccc(C(NC)c2cc(F)ccc2C)c1. The lowest BCUT2D eigenvalue weighted by atomic mass is 9.93. The van der Waals surface area contributed by atoms with Crippen molar-refractivity contribution in [2.24, 2.45) is 0 Å². The van der Waals surface area contributed by atoms with Gasteiger partial charge in [-0.25, -0.2) is 4.39 Å². The minimum absolute atomic E-state index is 0.0298. The maximum Gasteiger partial charge on any atom is 0.123 e. The number of benzene rings is 2. The Morgan fingerprint density at radius 3 is 2.63 bits per heavy atom. The lowest BCUT2D eigenvalue weighted by Gasteiger charge is -2.20. The van der Waals surface area contributed by atoms with E-state index in [2.05, 4.69) is 36.5 Å². The quantitative estimate of drug-likeness (QED) is 0.872.